The average Bonchev–Trinajstić information content (AvgIpc) is 3.09. The summed E-state index contributed by atoms with van der Waals surface area (Å²) in [5.41, 5.74) is 0.650. The van der Waals surface area contributed by atoms with Gasteiger partial charge in [0.05, 0.1) is 23.5 Å². The molecule has 4 rings (SSSR count). The van der Waals surface area contributed by atoms with Crippen LogP contribution < -0.4 is 4.90 Å². The zero-order valence-corrected chi connectivity index (χ0v) is 23.9. The number of hydrogen-bond acceptors (Lipinski definition) is 7. The minimum Gasteiger partial charge on any atom is -0.444 e. The predicted molar refractivity (Wildman–Crippen MR) is 142 cm³/mol. The molecule has 4 heterocycles. The molecule has 35 heavy (non-hydrogen) atoms. The lowest BCUT2D eigenvalue weighted by Crippen LogP contribution is -2.62. The van der Waals surface area contributed by atoms with Crippen molar-refractivity contribution >= 4 is 62.1 Å². The molecule has 2 aliphatic heterocycles. The number of amides is 1. The Morgan fingerprint density at radius 2 is 2.03 bits per heavy atom. The third-order valence-corrected chi connectivity index (χ3v) is 7.94. The standard InChI is InChI=1S/C24H30BrClFN5O2S/c1-7-12(3)18-14-10-9-13(32(14)23(33)34-24(4,5)6)11-31(18)21-15-17(28-22(30-21)35-8-2)16(27)20(26)29-19(15)25/h7,13-14,18H,8-11H2,1-6H3/t13-,14+,18+/m1/s1. The number of carbonyl (C=O) groups is 1. The number of thioether (sulfide) groups is 1. The molecule has 0 saturated carbocycles. The van der Waals surface area contributed by atoms with Crippen LogP contribution in [-0.4, -0.2) is 62.0 Å². The van der Waals surface area contributed by atoms with E-state index in [4.69, 9.17) is 21.3 Å². The molecule has 0 N–H and O–H groups in total. The van der Waals surface area contributed by atoms with Crippen molar-refractivity contribution < 1.29 is 13.9 Å². The van der Waals surface area contributed by atoms with Gasteiger partial charge in [0.15, 0.2) is 16.1 Å². The molecule has 3 atom stereocenters. The first kappa shape index (κ1) is 26.4. The normalized spacial score (nSPS) is 22.8. The van der Waals surface area contributed by atoms with Gasteiger partial charge in [-0.05, 0) is 69.1 Å². The van der Waals surface area contributed by atoms with Gasteiger partial charge in [0.1, 0.15) is 21.5 Å². The first-order valence-electron chi connectivity index (χ1n) is 11.7. The van der Waals surface area contributed by atoms with E-state index >= 15 is 4.39 Å². The first-order valence-corrected chi connectivity index (χ1v) is 13.9. The molecule has 0 radical (unpaired) electrons. The summed E-state index contributed by atoms with van der Waals surface area (Å²) in [5.74, 6) is 0.663. The van der Waals surface area contributed by atoms with Gasteiger partial charge in [-0.15, -0.1) is 0 Å². The fourth-order valence-electron chi connectivity index (χ4n) is 4.96. The van der Waals surface area contributed by atoms with Gasteiger partial charge in [0.25, 0.3) is 0 Å². The van der Waals surface area contributed by atoms with Crippen LogP contribution in [0.15, 0.2) is 21.4 Å². The zero-order chi connectivity index (χ0) is 25.7. The number of anilines is 1. The maximum atomic E-state index is 15.1. The number of halogens is 3. The number of piperazine rings is 1. The number of allylic oxidation sites excluding steroid dienone is 1. The minimum atomic E-state index is -0.666. The molecule has 0 aliphatic carbocycles. The highest BCUT2D eigenvalue weighted by atomic mass is 79.9. The summed E-state index contributed by atoms with van der Waals surface area (Å²) in [5, 5.41) is 0.714. The molecule has 2 fully saturated rings. The summed E-state index contributed by atoms with van der Waals surface area (Å²) in [6.07, 6.45) is 3.45. The maximum absolute atomic E-state index is 15.1. The van der Waals surface area contributed by atoms with Crippen molar-refractivity contribution in [2.45, 2.75) is 83.3 Å². The van der Waals surface area contributed by atoms with Crippen molar-refractivity contribution in [2.24, 2.45) is 0 Å². The van der Waals surface area contributed by atoms with Crippen LogP contribution in [0.5, 0.6) is 0 Å². The fourth-order valence-corrected chi connectivity index (χ4v) is 6.34. The second-order valence-electron chi connectivity index (χ2n) is 9.81. The maximum Gasteiger partial charge on any atom is 0.410 e. The lowest BCUT2D eigenvalue weighted by atomic mass is 9.95. The van der Waals surface area contributed by atoms with Crippen molar-refractivity contribution in [3.05, 3.63) is 27.2 Å². The molecular formula is C24H30BrClFN5O2S. The highest BCUT2D eigenvalue weighted by Crippen LogP contribution is 2.43. The van der Waals surface area contributed by atoms with Crippen LogP contribution in [0.4, 0.5) is 15.0 Å². The second kappa shape index (κ2) is 10.0. The summed E-state index contributed by atoms with van der Waals surface area (Å²) in [6.45, 7) is 12.2. The Bertz CT molecular complexity index is 1190. The molecular weight excluding hydrogens is 557 g/mol. The number of hydrogen-bond donors (Lipinski definition) is 0. The summed E-state index contributed by atoms with van der Waals surface area (Å²) >= 11 is 11.0. The van der Waals surface area contributed by atoms with Gasteiger partial charge in [0.2, 0.25) is 0 Å². The summed E-state index contributed by atoms with van der Waals surface area (Å²) < 4.78 is 21.3. The van der Waals surface area contributed by atoms with Gasteiger partial charge >= 0.3 is 6.09 Å². The van der Waals surface area contributed by atoms with Crippen LogP contribution in [0.1, 0.15) is 54.4 Å². The summed E-state index contributed by atoms with van der Waals surface area (Å²) in [7, 11) is 0. The van der Waals surface area contributed by atoms with E-state index in [1.54, 1.807) is 0 Å². The number of nitrogens with zero attached hydrogens (tertiary/aromatic N) is 5. The van der Waals surface area contributed by atoms with Crippen molar-refractivity contribution in [3.8, 4) is 0 Å². The SMILES string of the molecule is CC=C(C)[C@H]1[C@@H]2CC[C@H](CN1c1nc(SCC)nc3c(F)c(Cl)nc(Br)c13)N2C(=O)OC(C)(C)C. The van der Waals surface area contributed by atoms with Crippen molar-refractivity contribution in [1.82, 2.24) is 19.9 Å². The first-order chi connectivity index (χ1) is 16.5. The van der Waals surface area contributed by atoms with Crippen LogP contribution in [0.25, 0.3) is 10.9 Å². The number of ether oxygens (including phenoxy) is 1. The molecule has 2 aromatic heterocycles. The Hall–Kier alpha value is -1.65. The molecule has 2 saturated heterocycles. The van der Waals surface area contributed by atoms with Crippen LogP contribution in [0, 0.1) is 5.82 Å². The van der Waals surface area contributed by atoms with Gasteiger partial charge in [-0.1, -0.05) is 41.9 Å². The molecule has 0 spiro atoms. The van der Waals surface area contributed by atoms with E-state index in [-0.39, 0.29) is 34.9 Å². The Morgan fingerprint density at radius 1 is 1.31 bits per heavy atom. The monoisotopic (exact) mass is 585 g/mol. The number of carbonyl (C=O) groups excluding carboxylic acids is 1. The third-order valence-electron chi connectivity index (χ3n) is 6.39. The molecule has 2 aliphatic rings. The third kappa shape index (κ3) is 4.98. The quantitative estimate of drug-likeness (QED) is 0.173. The van der Waals surface area contributed by atoms with E-state index in [2.05, 4.69) is 43.8 Å². The number of pyridine rings is 1. The van der Waals surface area contributed by atoms with E-state index in [0.29, 0.717) is 27.5 Å². The van der Waals surface area contributed by atoms with Gasteiger partial charge in [-0.2, -0.15) is 0 Å². The van der Waals surface area contributed by atoms with E-state index in [9.17, 15) is 4.79 Å². The Balaban J connectivity index is 1.88. The van der Waals surface area contributed by atoms with Crippen LogP contribution in [0.3, 0.4) is 0 Å². The van der Waals surface area contributed by atoms with E-state index < -0.39 is 11.4 Å². The van der Waals surface area contributed by atoms with E-state index in [0.717, 1.165) is 24.2 Å². The summed E-state index contributed by atoms with van der Waals surface area (Å²) in [4.78, 5) is 30.8. The number of rotatable bonds is 4. The lowest BCUT2D eigenvalue weighted by Gasteiger charge is -2.48. The summed E-state index contributed by atoms with van der Waals surface area (Å²) in [6, 6.07) is -0.308. The Labute approximate surface area is 223 Å². The molecule has 190 valence electrons. The number of fused-ring (bicyclic) bond motifs is 3. The zero-order valence-electron chi connectivity index (χ0n) is 20.7. The largest absolute Gasteiger partial charge is 0.444 e. The van der Waals surface area contributed by atoms with Crippen LogP contribution >= 0.6 is 39.3 Å². The van der Waals surface area contributed by atoms with E-state index in [1.165, 1.54) is 11.8 Å². The van der Waals surface area contributed by atoms with Crippen LogP contribution in [0.2, 0.25) is 5.15 Å². The molecule has 0 aromatic carbocycles. The predicted octanol–water partition coefficient (Wildman–Crippen LogP) is 6.61. The highest BCUT2D eigenvalue weighted by molar-refractivity contribution is 9.10. The number of aromatic nitrogens is 3. The Kier molecular flexibility index (Phi) is 7.56. The second-order valence-corrected chi connectivity index (χ2v) is 12.2. The van der Waals surface area contributed by atoms with Crippen molar-refractivity contribution in [2.75, 3.05) is 17.2 Å². The van der Waals surface area contributed by atoms with Gasteiger partial charge in [-0.3, -0.25) is 4.90 Å². The smallest absolute Gasteiger partial charge is 0.410 e. The molecule has 2 bridgehead atoms. The van der Waals surface area contributed by atoms with Crippen molar-refractivity contribution in [3.63, 3.8) is 0 Å². The lowest BCUT2D eigenvalue weighted by molar-refractivity contribution is 0.00910. The van der Waals surface area contributed by atoms with Gasteiger partial charge < -0.3 is 9.64 Å². The molecule has 0 unspecified atom stereocenters. The van der Waals surface area contributed by atoms with E-state index in [1.807, 2.05) is 39.5 Å². The highest BCUT2D eigenvalue weighted by Gasteiger charge is 2.50. The Morgan fingerprint density at radius 3 is 2.66 bits per heavy atom. The van der Waals surface area contributed by atoms with Crippen LogP contribution in [-0.2, 0) is 4.74 Å². The average molecular weight is 587 g/mol. The van der Waals surface area contributed by atoms with Crippen molar-refractivity contribution in [1.29, 1.82) is 0 Å². The van der Waals surface area contributed by atoms with Gasteiger partial charge in [0, 0.05) is 6.54 Å². The van der Waals surface area contributed by atoms with Gasteiger partial charge in [-0.25, -0.2) is 24.1 Å². The molecule has 1 amide bonds. The molecule has 11 heteroatoms. The fraction of sp³-hybridized carbons (Fsp3) is 0.583. The minimum absolute atomic E-state index is 0.0491. The molecule has 2 aromatic rings. The topological polar surface area (TPSA) is 71.5 Å². The molecule has 7 nitrogen and oxygen atoms in total.